The molecule has 0 aliphatic heterocycles. The summed E-state index contributed by atoms with van der Waals surface area (Å²) in [5.41, 5.74) is 1.54. The molecule has 1 N–H and O–H groups in total. The van der Waals surface area contributed by atoms with Crippen LogP contribution in [0.1, 0.15) is 0 Å². The second-order valence-corrected chi connectivity index (χ2v) is 3.63. The first kappa shape index (κ1) is 8.00. The van der Waals surface area contributed by atoms with Crippen LogP contribution in [0.4, 0.5) is 0 Å². The third-order valence-electron chi connectivity index (χ3n) is 1.40. The number of nitrogens with zero attached hydrogens (tertiary/aromatic N) is 3. The van der Waals surface area contributed by atoms with Crippen LogP contribution in [-0.2, 0) is 0 Å². The van der Waals surface area contributed by atoms with E-state index in [1.165, 1.54) is 11.8 Å². The second-order valence-electron chi connectivity index (χ2n) is 2.10. The molecule has 0 fully saturated rings. The lowest BCUT2D eigenvalue weighted by Crippen LogP contribution is -1.88. The Hall–Kier alpha value is -0.620. The Labute approximate surface area is 81.3 Å². The van der Waals surface area contributed by atoms with E-state index < -0.39 is 0 Å². The monoisotopic (exact) mass is 244 g/mol. The zero-order chi connectivity index (χ0) is 8.55. The maximum Gasteiger partial charge on any atom is 0.190 e. The highest BCUT2D eigenvalue weighted by molar-refractivity contribution is 9.10. The minimum atomic E-state index is 0.696. The van der Waals surface area contributed by atoms with Crippen molar-refractivity contribution in [1.29, 1.82) is 0 Å². The van der Waals surface area contributed by atoms with E-state index in [0.717, 1.165) is 15.3 Å². The van der Waals surface area contributed by atoms with Gasteiger partial charge in [-0.1, -0.05) is 11.8 Å². The maximum absolute atomic E-state index is 4.19. The van der Waals surface area contributed by atoms with Crippen LogP contribution in [-0.4, -0.2) is 26.2 Å². The van der Waals surface area contributed by atoms with Gasteiger partial charge in [0.1, 0.15) is 10.1 Å². The molecule has 0 atom stereocenters. The minimum Gasteiger partial charge on any atom is -0.341 e. The molecule has 0 radical (unpaired) electrons. The van der Waals surface area contributed by atoms with E-state index in [4.69, 9.17) is 0 Å². The van der Waals surface area contributed by atoms with E-state index in [9.17, 15) is 0 Å². The summed E-state index contributed by atoms with van der Waals surface area (Å²) < 4.78 is 0.759. The molecule has 0 aliphatic rings. The van der Waals surface area contributed by atoms with E-state index in [2.05, 4.69) is 35.9 Å². The number of fused-ring (bicyclic) bond motifs is 1. The zero-order valence-corrected chi connectivity index (χ0v) is 8.61. The molecule has 4 nitrogen and oxygen atoms in total. The van der Waals surface area contributed by atoms with Crippen molar-refractivity contribution in [3.05, 3.63) is 10.9 Å². The molecule has 0 spiro atoms. The van der Waals surface area contributed by atoms with Gasteiger partial charge >= 0.3 is 0 Å². The minimum absolute atomic E-state index is 0.696. The van der Waals surface area contributed by atoms with Crippen molar-refractivity contribution in [2.24, 2.45) is 0 Å². The predicted molar refractivity (Wildman–Crippen MR) is 51.2 cm³/mol. The fraction of sp³-hybridized carbons (Fsp3) is 0.167. The highest BCUT2D eigenvalue weighted by atomic mass is 79.9. The Morgan fingerprint density at radius 3 is 3.08 bits per heavy atom. The average molecular weight is 245 g/mol. The van der Waals surface area contributed by atoms with Crippen LogP contribution >= 0.6 is 27.7 Å². The molecule has 2 aromatic heterocycles. The summed E-state index contributed by atoms with van der Waals surface area (Å²) in [5, 5.41) is 0.724. The number of hydrogen-bond acceptors (Lipinski definition) is 4. The Morgan fingerprint density at radius 2 is 2.33 bits per heavy atom. The molecule has 0 aliphatic carbocycles. The molecule has 0 saturated heterocycles. The molecule has 62 valence electrons. The van der Waals surface area contributed by atoms with Crippen molar-refractivity contribution >= 4 is 38.9 Å². The van der Waals surface area contributed by atoms with Crippen molar-refractivity contribution < 1.29 is 0 Å². The first-order chi connectivity index (χ1) is 5.81. The van der Waals surface area contributed by atoms with E-state index >= 15 is 0 Å². The SMILES string of the molecule is CSc1nc(Br)c2[nH]cnc2n1. The van der Waals surface area contributed by atoms with E-state index in [-0.39, 0.29) is 0 Å². The molecule has 0 aromatic carbocycles. The van der Waals surface area contributed by atoms with Gasteiger partial charge in [-0.15, -0.1) is 0 Å². The Bertz CT molecular complexity index is 413. The molecular formula is C6H5BrN4S. The summed E-state index contributed by atoms with van der Waals surface area (Å²) >= 11 is 4.83. The number of nitrogens with one attached hydrogen (secondary N) is 1. The molecule has 6 heteroatoms. The van der Waals surface area contributed by atoms with Gasteiger partial charge in [-0.2, -0.15) is 0 Å². The lowest BCUT2D eigenvalue weighted by atomic mass is 10.6. The van der Waals surface area contributed by atoms with Crippen LogP contribution in [0, 0.1) is 0 Å². The predicted octanol–water partition coefficient (Wildman–Crippen LogP) is 1.84. The molecule has 0 saturated carbocycles. The number of thioether (sulfide) groups is 1. The number of rotatable bonds is 1. The van der Waals surface area contributed by atoms with Gasteiger partial charge in [0.05, 0.1) is 6.33 Å². The van der Waals surface area contributed by atoms with Gasteiger partial charge in [-0.05, 0) is 22.2 Å². The molecule has 0 amide bonds. The summed E-state index contributed by atoms with van der Waals surface area (Å²) in [6.07, 6.45) is 3.54. The summed E-state index contributed by atoms with van der Waals surface area (Å²) in [6.45, 7) is 0. The molecular weight excluding hydrogens is 240 g/mol. The summed E-state index contributed by atoms with van der Waals surface area (Å²) in [6, 6.07) is 0. The van der Waals surface area contributed by atoms with Gasteiger partial charge < -0.3 is 4.98 Å². The van der Waals surface area contributed by atoms with Crippen molar-refractivity contribution in [2.45, 2.75) is 5.16 Å². The summed E-state index contributed by atoms with van der Waals surface area (Å²) in [4.78, 5) is 15.4. The third-order valence-corrected chi connectivity index (χ3v) is 2.53. The lowest BCUT2D eigenvalue weighted by molar-refractivity contribution is 0.980. The van der Waals surface area contributed by atoms with Gasteiger partial charge in [0.2, 0.25) is 0 Å². The van der Waals surface area contributed by atoms with Crippen molar-refractivity contribution in [3.63, 3.8) is 0 Å². The number of aromatic nitrogens is 4. The Morgan fingerprint density at radius 1 is 1.50 bits per heavy atom. The second kappa shape index (κ2) is 3.02. The van der Waals surface area contributed by atoms with Crippen LogP contribution < -0.4 is 0 Å². The highest BCUT2D eigenvalue weighted by Crippen LogP contribution is 2.20. The highest BCUT2D eigenvalue weighted by Gasteiger charge is 2.05. The van der Waals surface area contributed by atoms with Crippen molar-refractivity contribution in [1.82, 2.24) is 19.9 Å². The topological polar surface area (TPSA) is 54.5 Å². The molecule has 0 unspecified atom stereocenters. The quantitative estimate of drug-likeness (QED) is 0.473. The molecule has 0 bridgehead atoms. The zero-order valence-electron chi connectivity index (χ0n) is 6.21. The standard InChI is InChI=1S/C6H5BrN4S/c1-12-6-10-4(7)3-5(11-6)9-2-8-3/h2H,1H3,(H,8,9,10,11). The first-order valence-corrected chi connectivity index (χ1v) is 5.23. The third kappa shape index (κ3) is 1.21. The summed E-state index contributed by atoms with van der Waals surface area (Å²) in [5.74, 6) is 0. The number of aromatic amines is 1. The molecule has 2 aromatic rings. The van der Waals surface area contributed by atoms with Crippen LogP contribution in [0.2, 0.25) is 0 Å². The first-order valence-electron chi connectivity index (χ1n) is 3.22. The lowest BCUT2D eigenvalue weighted by Gasteiger charge is -1.95. The van der Waals surface area contributed by atoms with Gasteiger partial charge in [0.15, 0.2) is 10.8 Å². The Kier molecular flexibility index (Phi) is 2.02. The normalized spacial score (nSPS) is 10.8. The van der Waals surface area contributed by atoms with Crippen LogP contribution in [0.15, 0.2) is 16.1 Å². The van der Waals surface area contributed by atoms with Gasteiger partial charge in [0.25, 0.3) is 0 Å². The number of H-pyrrole nitrogens is 1. The molecule has 12 heavy (non-hydrogen) atoms. The van der Waals surface area contributed by atoms with Crippen molar-refractivity contribution in [2.75, 3.05) is 6.26 Å². The smallest absolute Gasteiger partial charge is 0.190 e. The fourth-order valence-corrected chi connectivity index (χ4v) is 1.81. The number of halogens is 1. The van der Waals surface area contributed by atoms with Crippen LogP contribution in [0.3, 0.4) is 0 Å². The number of imidazole rings is 1. The fourth-order valence-electron chi connectivity index (χ4n) is 0.870. The maximum atomic E-state index is 4.19. The molecule has 2 rings (SSSR count). The molecule has 2 heterocycles. The van der Waals surface area contributed by atoms with Gasteiger partial charge in [-0.25, -0.2) is 15.0 Å². The summed E-state index contributed by atoms with van der Waals surface area (Å²) in [7, 11) is 0. The van der Waals surface area contributed by atoms with Gasteiger partial charge in [0, 0.05) is 0 Å². The largest absolute Gasteiger partial charge is 0.341 e. The average Bonchev–Trinajstić information content (AvgIpc) is 2.52. The number of hydrogen-bond donors (Lipinski definition) is 1. The van der Waals surface area contributed by atoms with E-state index in [0.29, 0.717) is 5.65 Å². The van der Waals surface area contributed by atoms with Crippen LogP contribution in [0.25, 0.3) is 11.2 Å². The van der Waals surface area contributed by atoms with Gasteiger partial charge in [-0.3, -0.25) is 0 Å². The van der Waals surface area contributed by atoms with E-state index in [1.807, 2.05) is 6.26 Å². The Balaban J connectivity index is 2.75. The van der Waals surface area contributed by atoms with Crippen molar-refractivity contribution in [3.8, 4) is 0 Å². The van der Waals surface area contributed by atoms with E-state index in [1.54, 1.807) is 6.33 Å². The van der Waals surface area contributed by atoms with Crippen LogP contribution in [0.5, 0.6) is 0 Å².